The number of aryl methyl sites for hydroxylation is 1. The van der Waals surface area contributed by atoms with Gasteiger partial charge in [-0.05, 0) is 51.0 Å². The Bertz CT molecular complexity index is 703. The van der Waals surface area contributed by atoms with Crippen LogP contribution >= 0.6 is 0 Å². The van der Waals surface area contributed by atoms with Gasteiger partial charge in [-0.2, -0.15) is 5.10 Å². The normalized spacial score (nSPS) is 15.6. The van der Waals surface area contributed by atoms with Crippen molar-refractivity contribution in [3.8, 4) is 5.69 Å². The van der Waals surface area contributed by atoms with Crippen LogP contribution in [0.3, 0.4) is 0 Å². The van der Waals surface area contributed by atoms with E-state index in [9.17, 15) is 9.18 Å². The van der Waals surface area contributed by atoms with Crippen LogP contribution in [0.15, 0.2) is 24.3 Å². The van der Waals surface area contributed by atoms with Crippen LogP contribution in [0.2, 0.25) is 0 Å². The van der Waals surface area contributed by atoms with Gasteiger partial charge < -0.3 is 10.1 Å². The summed E-state index contributed by atoms with van der Waals surface area (Å²) in [4.78, 5) is 12.6. The van der Waals surface area contributed by atoms with Crippen LogP contribution in [0.1, 0.15) is 34.6 Å². The summed E-state index contributed by atoms with van der Waals surface area (Å²) < 4.78 is 20.1. The van der Waals surface area contributed by atoms with Crippen molar-refractivity contribution in [2.24, 2.45) is 0 Å². The Morgan fingerprint density at radius 3 is 2.57 bits per heavy atom. The Labute approximate surface area is 134 Å². The number of rotatable bonds is 3. The molecule has 1 fully saturated rings. The summed E-state index contributed by atoms with van der Waals surface area (Å²) in [7, 11) is 0. The number of ether oxygens (including phenoxy) is 1. The van der Waals surface area contributed by atoms with Gasteiger partial charge in [-0.3, -0.25) is 4.79 Å². The van der Waals surface area contributed by atoms with Crippen LogP contribution in [0, 0.1) is 19.7 Å². The Hall–Kier alpha value is -2.21. The molecular weight excluding hydrogens is 297 g/mol. The number of nitrogens with one attached hydrogen (secondary N) is 1. The quantitative estimate of drug-likeness (QED) is 0.946. The van der Waals surface area contributed by atoms with Gasteiger partial charge >= 0.3 is 0 Å². The van der Waals surface area contributed by atoms with Crippen LogP contribution < -0.4 is 5.32 Å². The summed E-state index contributed by atoms with van der Waals surface area (Å²) >= 11 is 0. The van der Waals surface area contributed by atoms with E-state index < -0.39 is 0 Å². The van der Waals surface area contributed by atoms with Crippen LogP contribution in [-0.4, -0.2) is 34.9 Å². The predicted octanol–water partition coefficient (Wildman–Crippen LogP) is 2.54. The van der Waals surface area contributed by atoms with E-state index in [1.54, 1.807) is 16.8 Å². The molecule has 1 aliphatic heterocycles. The maximum absolute atomic E-state index is 13.1. The van der Waals surface area contributed by atoms with Crippen LogP contribution in [0.5, 0.6) is 0 Å². The second-order valence-electron chi connectivity index (χ2n) is 5.79. The van der Waals surface area contributed by atoms with E-state index in [0.717, 1.165) is 24.2 Å². The molecule has 122 valence electrons. The summed E-state index contributed by atoms with van der Waals surface area (Å²) in [6.45, 7) is 5.02. The van der Waals surface area contributed by atoms with Crippen molar-refractivity contribution in [3.05, 3.63) is 47.0 Å². The first-order valence-electron chi connectivity index (χ1n) is 7.77. The minimum atomic E-state index is -0.298. The fourth-order valence-electron chi connectivity index (χ4n) is 2.90. The van der Waals surface area contributed by atoms with Gasteiger partial charge in [0.1, 0.15) is 5.82 Å². The first-order valence-corrected chi connectivity index (χ1v) is 7.77. The highest BCUT2D eigenvalue weighted by molar-refractivity contribution is 5.96. The second kappa shape index (κ2) is 6.50. The number of halogens is 1. The number of hydrogen-bond donors (Lipinski definition) is 1. The molecule has 0 spiro atoms. The lowest BCUT2D eigenvalue weighted by molar-refractivity contribution is 0.0696. The molecule has 23 heavy (non-hydrogen) atoms. The molecule has 2 aromatic rings. The lowest BCUT2D eigenvalue weighted by Crippen LogP contribution is -2.39. The molecule has 1 aliphatic rings. The third-order valence-corrected chi connectivity index (χ3v) is 4.15. The smallest absolute Gasteiger partial charge is 0.255 e. The van der Waals surface area contributed by atoms with E-state index in [2.05, 4.69) is 10.4 Å². The number of benzene rings is 1. The number of carbonyl (C=O) groups excluding carboxylic acids is 1. The molecule has 2 heterocycles. The number of amides is 1. The van der Waals surface area contributed by atoms with E-state index in [1.807, 2.05) is 13.8 Å². The topological polar surface area (TPSA) is 56.2 Å². The van der Waals surface area contributed by atoms with Gasteiger partial charge in [-0.25, -0.2) is 9.07 Å². The van der Waals surface area contributed by atoms with Crippen LogP contribution in [0.4, 0.5) is 4.39 Å². The van der Waals surface area contributed by atoms with Gasteiger partial charge in [-0.1, -0.05) is 0 Å². The monoisotopic (exact) mass is 317 g/mol. The fourth-order valence-corrected chi connectivity index (χ4v) is 2.90. The third kappa shape index (κ3) is 3.27. The maximum atomic E-state index is 13.1. The minimum absolute atomic E-state index is 0.111. The molecule has 0 aliphatic carbocycles. The number of hydrogen-bond acceptors (Lipinski definition) is 3. The maximum Gasteiger partial charge on any atom is 0.255 e. The lowest BCUT2D eigenvalue weighted by Gasteiger charge is -2.23. The molecule has 0 bridgehead atoms. The molecule has 0 saturated carbocycles. The summed E-state index contributed by atoms with van der Waals surface area (Å²) in [6.07, 6.45) is 1.66. The summed E-state index contributed by atoms with van der Waals surface area (Å²) in [5, 5.41) is 7.49. The van der Waals surface area contributed by atoms with E-state index in [-0.39, 0.29) is 17.8 Å². The highest BCUT2D eigenvalue weighted by Gasteiger charge is 2.23. The Kier molecular flexibility index (Phi) is 4.43. The van der Waals surface area contributed by atoms with Crippen molar-refractivity contribution < 1.29 is 13.9 Å². The molecule has 3 rings (SSSR count). The second-order valence-corrected chi connectivity index (χ2v) is 5.79. The molecule has 0 radical (unpaired) electrons. The van der Waals surface area contributed by atoms with Crippen LogP contribution in [0.25, 0.3) is 5.69 Å². The SMILES string of the molecule is Cc1nn(-c2ccc(F)cc2)c(C)c1C(=O)NC1CCOCC1. The molecule has 5 nitrogen and oxygen atoms in total. The molecule has 1 amide bonds. The number of nitrogens with zero attached hydrogens (tertiary/aromatic N) is 2. The molecule has 0 unspecified atom stereocenters. The summed E-state index contributed by atoms with van der Waals surface area (Å²) in [6, 6.07) is 6.20. The van der Waals surface area contributed by atoms with Gasteiger partial charge in [0.15, 0.2) is 0 Å². The lowest BCUT2D eigenvalue weighted by atomic mass is 10.1. The van der Waals surface area contributed by atoms with E-state index >= 15 is 0 Å². The van der Waals surface area contributed by atoms with E-state index in [0.29, 0.717) is 24.5 Å². The first kappa shape index (κ1) is 15.7. The molecule has 1 aromatic carbocycles. The minimum Gasteiger partial charge on any atom is -0.381 e. The Morgan fingerprint density at radius 2 is 1.91 bits per heavy atom. The average Bonchev–Trinajstić information content (AvgIpc) is 2.84. The molecule has 1 saturated heterocycles. The molecule has 1 aromatic heterocycles. The van der Waals surface area contributed by atoms with Crippen molar-refractivity contribution in [2.45, 2.75) is 32.7 Å². The Balaban J connectivity index is 1.85. The summed E-state index contributed by atoms with van der Waals surface area (Å²) in [5.41, 5.74) is 2.73. The van der Waals surface area contributed by atoms with Gasteiger partial charge in [0.2, 0.25) is 0 Å². The number of carbonyl (C=O) groups is 1. The van der Waals surface area contributed by atoms with Crippen molar-refractivity contribution >= 4 is 5.91 Å². The predicted molar refractivity (Wildman–Crippen MR) is 84.3 cm³/mol. The van der Waals surface area contributed by atoms with Crippen molar-refractivity contribution in [1.82, 2.24) is 15.1 Å². The zero-order chi connectivity index (χ0) is 16.4. The van der Waals surface area contributed by atoms with Crippen molar-refractivity contribution in [1.29, 1.82) is 0 Å². The van der Waals surface area contributed by atoms with E-state index in [4.69, 9.17) is 4.74 Å². The highest BCUT2D eigenvalue weighted by atomic mass is 19.1. The van der Waals surface area contributed by atoms with E-state index in [1.165, 1.54) is 12.1 Å². The van der Waals surface area contributed by atoms with Gasteiger partial charge in [0.25, 0.3) is 5.91 Å². The van der Waals surface area contributed by atoms with Gasteiger partial charge in [-0.15, -0.1) is 0 Å². The number of aromatic nitrogens is 2. The Morgan fingerprint density at radius 1 is 1.26 bits per heavy atom. The zero-order valence-corrected chi connectivity index (χ0v) is 13.3. The zero-order valence-electron chi connectivity index (χ0n) is 13.3. The highest BCUT2D eigenvalue weighted by Crippen LogP contribution is 2.19. The van der Waals surface area contributed by atoms with Gasteiger partial charge in [0.05, 0.1) is 22.6 Å². The van der Waals surface area contributed by atoms with Crippen LogP contribution in [-0.2, 0) is 4.74 Å². The van der Waals surface area contributed by atoms with Gasteiger partial charge in [0, 0.05) is 19.3 Å². The van der Waals surface area contributed by atoms with Crippen molar-refractivity contribution in [3.63, 3.8) is 0 Å². The summed E-state index contributed by atoms with van der Waals surface area (Å²) in [5.74, 6) is -0.409. The third-order valence-electron chi connectivity index (χ3n) is 4.15. The first-order chi connectivity index (χ1) is 11.1. The van der Waals surface area contributed by atoms with Crippen molar-refractivity contribution in [2.75, 3.05) is 13.2 Å². The largest absolute Gasteiger partial charge is 0.381 e. The molecule has 0 atom stereocenters. The molecule has 6 heteroatoms. The fraction of sp³-hybridized carbons (Fsp3) is 0.412. The molecular formula is C17H20FN3O2. The standard InChI is InChI=1S/C17H20FN3O2/c1-11-16(17(22)19-14-7-9-23-10-8-14)12(2)21(20-11)15-5-3-13(18)4-6-15/h3-6,14H,7-10H2,1-2H3,(H,19,22). The molecule has 1 N–H and O–H groups in total. The average molecular weight is 317 g/mol.